The molecular formula is C21H17ClN2O3. The second kappa shape index (κ2) is 7.98. The van der Waals surface area contributed by atoms with Crippen molar-refractivity contribution in [1.29, 1.82) is 5.26 Å². The molecule has 2 N–H and O–H groups in total. The second-order valence-electron chi connectivity index (χ2n) is 6.01. The topological polar surface area (TPSA) is 85.3 Å². The number of rotatable bonds is 4. The minimum absolute atomic E-state index is 0.0653. The summed E-state index contributed by atoms with van der Waals surface area (Å²) in [5.74, 6) is -1.01. The van der Waals surface area contributed by atoms with E-state index in [4.69, 9.17) is 26.8 Å². The van der Waals surface area contributed by atoms with Crippen molar-refractivity contribution in [2.75, 3.05) is 0 Å². The Morgan fingerprint density at radius 3 is 2.52 bits per heavy atom. The minimum Gasteiger partial charge on any atom is -0.457 e. The third-order valence-electron chi connectivity index (χ3n) is 4.24. The van der Waals surface area contributed by atoms with E-state index in [-0.39, 0.29) is 18.1 Å². The van der Waals surface area contributed by atoms with Gasteiger partial charge in [0.1, 0.15) is 17.9 Å². The first-order chi connectivity index (χ1) is 13.0. The Kier molecular flexibility index (Phi) is 5.49. The van der Waals surface area contributed by atoms with Crippen molar-refractivity contribution in [2.24, 2.45) is 5.73 Å². The van der Waals surface area contributed by atoms with E-state index in [2.05, 4.69) is 6.07 Å². The molecule has 1 atom stereocenters. The van der Waals surface area contributed by atoms with Crippen LogP contribution in [-0.4, -0.2) is 5.97 Å². The molecule has 1 aliphatic heterocycles. The van der Waals surface area contributed by atoms with E-state index in [1.165, 1.54) is 0 Å². The Labute approximate surface area is 162 Å². The zero-order chi connectivity index (χ0) is 19.4. The molecular weight excluding hydrogens is 364 g/mol. The van der Waals surface area contributed by atoms with E-state index < -0.39 is 11.9 Å². The maximum atomic E-state index is 12.8. The average molecular weight is 381 g/mol. The van der Waals surface area contributed by atoms with Gasteiger partial charge in [-0.05, 0) is 30.2 Å². The highest BCUT2D eigenvalue weighted by atomic mass is 35.5. The lowest BCUT2D eigenvalue weighted by molar-refractivity contribution is -0.140. The third-order valence-corrected chi connectivity index (χ3v) is 4.49. The normalized spacial score (nSPS) is 16.6. The van der Waals surface area contributed by atoms with Gasteiger partial charge in [0.2, 0.25) is 5.88 Å². The summed E-state index contributed by atoms with van der Waals surface area (Å²) in [7, 11) is 0. The molecule has 0 bridgehead atoms. The first-order valence-electron chi connectivity index (χ1n) is 8.26. The Hall–Kier alpha value is -3.23. The average Bonchev–Trinajstić information content (AvgIpc) is 2.67. The van der Waals surface area contributed by atoms with Crippen molar-refractivity contribution in [2.45, 2.75) is 19.4 Å². The van der Waals surface area contributed by atoms with Crippen LogP contribution in [-0.2, 0) is 20.9 Å². The molecule has 136 valence electrons. The lowest BCUT2D eigenvalue weighted by atomic mass is 9.83. The Balaban J connectivity index is 1.94. The molecule has 2 aromatic carbocycles. The molecule has 6 heteroatoms. The number of carbonyl (C=O) groups excluding carboxylic acids is 1. The second-order valence-corrected chi connectivity index (χ2v) is 6.44. The number of benzene rings is 2. The molecule has 0 aromatic heterocycles. The van der Waals surface area contributed by atoms with Gasteiger partial charge >= 0.3 is 5.97 Å². The fraction of sp³-hybridized carbons (Fsp3) is 0.143. The van der Waals surface area contributed by atoms with Crippen LogP contribution >= 0.6 is 11.6 Å². The molecule has 2 aromatic rings. The molecule has 0 aliphatic carbocycles. The summed E-state index contributed by atoms with van der Waals surface area (Å²) in [6.45, 7) is 1.73. The van der Waals surface area contributed by atoms with Gasteiger partial charge in [-0.15, -0.1) is 0 Å². The van der Waals surface area contributed by atoms with Crippen molar-refractivity contribution < 1.29 is 14.3 Å². The maximum absolute atomic E-state index is 12.8. The number of hydrogen-bond donors (Lipinski definition) is 1. The van der Waals surface area contributed by atoms with Crippen molar-refractivity contribution >= 4 is 17.6 Å². The van der Waals surface area contributed by atoms with E-state index >= 15 is 0 Å². The van der Waals surface area contributed by atoms with Gasteiger partial charge < -0.3 is 15.2 Å². The molecule has 1 heterocycles. The van der Waals surface area contributed by atoms with E-state index in [1.54, 1.807) is 31.2 Å². The van der Waals surface area contributed by atoms with E-state index in [9.17, 15) is 10.1 Å². The zero-order valence-corrected chi connectivity index (χ0v) is 15.4. The highest BCUT2D eigenvalue weighted by Gasteiger charge is 2.36. The van der Waals surface area contributed by atoms with Crippen LogP contribution < -0.4 is 5.73 Å². The lowest BCUT2D eigenvalue weighted by Gasteiger charge is -2.26. The smallest absolute Gasteiger partial charge is 0.340 e. The van der Waals surface area contributed by atoms with Crippen LogP contribution in [0.3, 0.4) is 0 Å². The van der Waals surface area contributed by atoms with Crippen LogP contribution in [0.25, 0.3) is 0 Å². The standard InChI is InChI=1S/C21H17ClN2O3/c1-13-17(11-23)18(15-7-9-16(22)10-8-15)19(20(24)27-13)21(25)26-12-14-5-3-2-4-6-14/h2-10,18H,12,24H2,1H3/t18-/m1/s1. The molecule has 0 radical (unpaired) electrons. The highest BCUT2D eigenvalue weighted by Crippen LogP contribution is 2.39. The predicted molar refractivity (Wildman–Crippen MR) is 101 cm³/mol. The van der Waals surface area contributed by atoms with Gasteiger partial charge in [-0.1, -0.05) is 54.1 Å². The van der Waals surface area contributed by atoms with Gasteiger partial charge in [-0.3, -0.25) is 0 Å². The van der Waals surface area contributed by atoms with Crippen LogP contribution in [0.4, 0.5) is 0 Å². The Bertz CT molecular complexity index is 957. The molecule has 3 rings (SSSR count). The molecule has 0 saturated carbocycles. The predicted octanol–water partition coefficient (Wildman–Crippen LogP) is 4.17. The lowest BCUT2D eigenvalue weighted by Crippen LogP contribution is -2.26. The molecule has 1 aliphatic rings. The van der Waals surface area contributed by atoms with E-state index in [1.807, 2.05) is 30.3 Å². The van der Waals surface area contributed by atoms with Crippen LogP contribution in [0.15, 0.2) is 77.4 Å². The number of hydrogen-bond acceptors (Lipinski definition) is 5. The number of nitriles is 1. The molecule has 0 spiro atoms. The Morgan fingerprint density at radius 2 is 1.89 bits per heavy atom. The third kappa shape index (κ3) is 3.97. The Morgan fingerprint density at radius 1 is 1.22 bits per heavy atom. The SMILES string of the molecule is CC1=C(C#N)[C@@H](c2ccc(Cl)cc2)C(C(=O)OCc2ccccc2)=C(N)O1. The summed E-state index contributed by atoms with van der Waals surface area (Å²) < 4.78 is 10.9. The number of allylic oxidation sites excluding steroid dienone is 2. The summed E-state index contributed by atoms with van der Waals surface area (Å²) in [4.78, 5) is 12.8. The van der Waals surface area contributed by atoms with E-state index in [0.717, 1.165) is 5.56 Å². The summed E-state index contributed by atoms with van der Waals surface area (Å²) in [5, 5.41) is 10.2. The number of esters is 1. The molecule has 5 nitrogen and oxygen atoms in total. The first kappa shape index (κ1) is 18.6. The number of carbonyl (C=O) groups is 1. The van der Waals surface area contributed by atoms with Crippen molar-refractivity contribution in [3.05, 3.63) is 93.5 Å². The summed E-state index contributed by atoms with van der Waals surface area (Å²) in [5.41, 5.74) is 7.96. The quantitative estimate of drug-likeness (QED) is 0.805. The van der Waals surface area contributed by atoms with Crippen molar-refractivity contribution in [3.63, 3.8) is 0 Å². The van der Waals surface area contributed by atoms with Gasteiger partial charge in [-0.25, -0.2) is 4.79 Å². The molecule has 0 saturated heterocycles. The van der Waals surface area contributed by atoms with Crippen molar-refractivity contribution in [3.8, 4) is 6.07 Å². The summed E-state index contributed by atoms with van der Waals surface area (Å²) >= 11 is 5.96. The minimum atomic E-state index is -0.677. The zero-order valence-electron chi connectivity index (χ0n) is 14.6. The summed E-state index contributed by atoms with van der Waals surface area (Å²) in [6.07, 6.45) is 0. The fourth-order valence-electron chi connectivity index (χ4n) is 2.92. The number of halogens is 1. The van der Waals surface area contributed by atoms with Gasteiger partial charge in [0.25, 0.3) is 0 Å². The number of nitrogens with two attached hydrogens (primary N) is 1. The largest absolute Gasteiger partial charge is 0.457 e. The van der Waals surface area contributed by atoms with Gasteiger partial charge in [0.15, 0.2) is 0 Å². The monoisotopic (exact) mass is 380 g/mol. The van der Waals surface area contributed by atoms with Crippen LogP contribution in [0.1, 0.15) is 24.0 Å². The first-order valence-corrected chi connectivity index (χ1v) is 8.64. The van der Waals surface area contributed by atoms with Crippen LogP contribution in [0.5, 0.6) is 0 Å². The number of nitrogens with zero attached hydrogens (tertiary/aromatic N) is 1. The number of ether oxygens (including phenoxy) is 2. The van der Waals surface area contributed by atoms with Gasteiger partial charge in [0.05, 0.1) is 17.6 Å². The van der Waals surface area contributed by atoms with Gasteiger partial charge in [-0.2, -0.15) is 5.26 Å². The fourth-order valence-corrected chi connectivity index (χ4v) is 3.04. The summed E-state index contributed by atoms with van der Waals surface area (Å²) in [6, 6.07) is 18.3. The van der Waals surface area contributed by atoms with E-state index in [0.29, 0.717) is 21.9 Å². The molecule has 0 unspecified atom stereocenters. The van der Waals surface area contributed by atoms with Crippen LogP contribution in [0.2, 0.25) is 5.02 Å². The molecule has 0 fully saturated rings. The van der Waals surface area contributed by atoms with Gasteiger partial charge in [0, 0.05) is 5.02 Å². The van der Waals surface area contributed by atoms with Crippen molar-refractivity contribution in [1.82, 2.24) is 0 Å². The highest BCUT2D eigenvalue weighted by molar-refractivity contribution is 6.30. The van der Waals surface area contributed by atoms with Crippen LogP contribution in [0, 0.1) is 11.3 Å². The molecule has 27 heavy (non-hydrogen) atoms. The maximum Gasteiger partial charge on any atom is 0.340 e. The molecule has 0 amide bonds.